The van der Waals surface area contributed by atoms with Gasteiger partial charge in [-0.3, -0.25) is 4.68 Å². The van der Waals surface area contributed by atoms with Crippen LogP contribution < -0.4 is 0 Å². The summed E-state index contributed by atoms with van der Waals surface area (Å²) in [6.07, 6.45) is 7.07. The third kappa shape index (κ3) is 2.30. The van der Waals surface area contributed by atoms with E-state index in [9.17, 15) is 4.79 Å². The molecule has 1 aromatic rings. The van der Waals surface area contributed by atoms with E-state index in [0.29, 0.717) is 13.0 Å². The highest BCUT2D eigenvalue weighted by atomic mass is 16.5. The molecule has 5 nitrogen and oxygen atoms in total. The highest BCUT2D eigenvalue weighted by Gasteiger charge is 2.10. The molecule has 0 aromatic carbocycles. The number of hydrogen-bond acceptors (Lipinski definition) is 4. The Morgan fingerprint density at radius 3 is 3.23 bits per heavy atom. The Hall–Kier alpha value is -1.83. The van der Waals surface area contributed by atoms with Crippen LogP contribution in [0.4, 0.5) is 0 Å². The first kappa shape index (κ1) is 9.26. The summed E-state index contributed by atoms with van der Waals surface area (Å²) in [5.41, 5.74) is 0. The molecular formula is C8H9N3O2. The lowest BCUT2D eigenvalue weighted by molar-refractivity contribution is 0.0586. The second kappa shape index (κ2) is 4.26. The summed E-state index contributed by atoms with van der Waals surface area (Å²) < 4.78 is 5.94. The number of terminal acetylenes is 1. The highest BCUT2D eigenvalue weighted by molar-refractivity contribution is 5.84. The summed E-state index contributed by atoms with van der Waals surface area (Å²) >= 11 is 0. The molecule has 1 heterocycles. The molecule has 0 radical (unpaired) electrons. The second-order valence-electron chi connectivity index (χ2n) is 2.28. The Morgan fingerprint density at radius 2 is 2.62 bits per heavy atom. The summed E-state index contributed by atoms with van der Waals surface area (Å²) in [5.74, 6) is 1.98. The zero-order valence-electron chi connectivity index (χ0n) is 7.23. The van der Waals surface area contributed by atoms with Crippen molar-refractivity contribution in [3.8, 4) is 12.3 Å². The first-order valence-corrected chi connectivity index (χ1v) is 3.69. The van der Waals surface area contributed by atoms with Crippen molar-refractivity contribution in [1.29, 1.82) is 0 Å². The molecule has 0 spiro atoms. The summed E-state index contributed by atoms with van der Waals surface area (Å²) in [4.78, 5) is 14.6. The van der Waals surface area contributed by atoms with Crippen molar-refractivity contribution in [2.45, 2.75) is 13.0 Å². The van der Waals surface area contributed by atoms with Gasteiger partial charge in [0.25, 0.3) is 5.82 Å². The number of methoxy groups -OCH3 is 1. The second-order valence-corrected chi connectivity index (χ2v) is 2.28. The molecule has 68 valence electrons. The van der Waals surface area contributed by atoms with Gasteiger partial charge < -0.3 is 4.74 Å². The van der Waals surface area contributed by atoms with Crippen LogP contribution in [-0.2, 0) is 11.3 Å². The van der Waals surface area contributed by atoms with Gasteiger partial charge in [0.2, 0.25) is 0 Å². The fourth-order valence-corrected chi connectivity index (χ4v) is 0.766. The number of rotatable bonds is 3. The van der Waals surface area contributed by atoms with Crippen LogP contribution in [0.5, 0.6) is 0 Å². The average molecular weight is 179 g/mol. The third-order valence-electron chi connectivity index (χ3n) is 1.39. The lowest BCUT2D eigenvalue weighted by atomic mass is 10.4. The van der Waals surface area contributed by atoms with Crippen molar-refractivity contribution in [3.63, 3.8) is 0 Å². The minimum atomic E-state index is -0.542. The van der Waals surface area contributed by atoms with Crippen molar-refractivity contribution in [1.82, 2.24) is 14.8 Å². The zero-order valence-corrected chi connectivity index (χ0v) is 7.23. The van der Waals surface area contributed by atoms with Crippen LogP contribution in [0.25, 0.3) is 0 Å². The van der Waals surface area contributed by atoms with Crippen molar-refractivity contribution >= 4 is 5.97 Å². The largest absolute Gasteiger partial charge is 0.463 e. The number of carbonyl (C=O) groups excluding carboxylic acids is 1. The van der Waals surface area contributed by atoms with Crippen LogP contribution >= 0.6 is 0 Å². The standard InChI is InChI=1S/C8H9N3O2/c1-3-4-5-11-6-9-7(10-11)8(12)13-2/h1,6H,4-5H2,2H3. The van der Waals surface area contributed by atoms with E-state index in [2.05, 4.69) is 20.7 Å². The van der Waals surface area contributed by atoms with Crippen LogP contribution in [-0.4, -0.2) is 27.8 Å². The fraction of sp³-hybridized carbons (Fsp3) is 0.375. The van der Waals surface area contributed by atoms with Crippen molar-refractivity contribution in [2.75, 3.05) is 7.11 Å². The molecule has 0 unspecified atom stereocenters. The number of carbonyl (C=O) groups is 1. The summed E-state index contributed by atoms with van der Waals surface area (Å²) in [7, 11) is 1.28. The molecule has 0 aliphatic heterocycles. The molecule has 13 heavy (non-hydrogen) atoms. The van der Waals surface area contributed by atoms with Crippen molar-refractivity contribution in [3.05, 3.63) is 12.2 Å². The van der Waals surface area contributed by atoms with E-state index >= 15 is 0 Å². The molecule has 0 amide bonds. The number of esters is 1. The van der Waals surface area contributed by atoms with Crippen molar-refractivity contribution < 1.29 is 9.53 Å². The van der Waals surface area contributed by atoms with Crippen LogP contribution in [0.3, 0.4) is 0 Å². The molecule has 0 atom stereocenters. The van der Waals surface area contributed by atoms with Crippen LogP contribution in [0.2, 0.25) is 0 Å². The van der Waals surface area contributed by atoms with Crippen LogP contribution in [0.1, 0.15) is 17.0 Å². The molecule has 0 saturated carbocycles. The molecule has 0 saturated heterocycles. The third-order valence-corrected chi connectivity index (χ3v) is 1.39. The first-order valence-electron chi connectivity index (χ1n) is 3.69. The van der Waals surface area contributed by atoms with Gasteiger partial charge in [-0.1, -0.05) is 0 Å². The predicted octanol–water partition coefficient (Wildman–Crippen LogP) is 0.0880. The Balaban J connectivity index is 2.64. The minimum Gasteiger partial charge on any atom is -0.463 e. The Morgan fingerprint density at radius 1 is 1.85 bits per heavy atom. The van der Waals surface area contributed by atoms with E-state index in [1.807, 2.05) is 0 Å². The monoisotopic (exact) mass is 179 g/mol. The summed E-state index contributed by atoms with van der Waals surface area (Å²) in [5, 5.41) is 3.85. The smallest absolute Gasteiger partial charge is 0.377 e. The maximum Gasteiger partial charge on any atom is 0.377 e. The summed E-state index contributed by atoms with van der Waals surface area (Å²) in [6.45, 7) is 0.556. The van der Waals surface area contributed by atoms with E-state index in [0.717, 1.165) is 0 Å². The molecule has 1 rings (SSSR count). The van der Waals surface area contributed by atoms with Crippen molar-refractivity contribution in [2.24, 2.45) is 0 Å². The zero-order chi connectivity index (χ0) is 9.68. The molecular weight excluding hydrogens is 170 g/mol. The first-order chi connectivity index (χ1) is 6.27. The molecule has 0 N–H and O–H groups in total. The fourth-order valence-electron chi connectivity index (χ4n) is 0.766. The van der Waals surface area contributed by atoms with E-state index < -0.39 is 5.97 Å². The quantitative estimate of drug-likeness (QED) is 0.487. The molecule has 0 aliphatic rings. The predicted molar refractivity (Wildman–Crippen MR) is 44.8 cm³/mol. The van der Waals surface area contributed by atoms with Crippen LogP contribution in [0.15, 0.2) is 6.33 Å². The Bertz CT molecular complexity index is 337. The van der Waals surface area contributed by atoms with Gasteiger partial charge in [0.1, 0.15) is 6.33 Å². The topological polar surface area (TPSA) is 57.0 Å². The number of ether oxygens (including phenoxy) is 1. The normalized spacial score (nSPS) is 9.23. The summed E-state index contributed by atoms with van der Waals surface area (Å²) in [6, 6.07) is 0. The SMILES string of the molecule is C#CCCn1cnc(C(=O)OC)n1. The Kier molecular flexibility index (Phi) is 3.03. The molecule has 0 bridgehead atoms. The van der Waals surface area contributed by atoms with E-state index in [1.54, 1.807) is 0 Å². The lowest BCUT2D eigenvalue weighted by Gasteiger charge is -1.93. The Labute approximate surface area is 75.7 Å². The van der Waals surface area contributed by atoms with Gasteiger partial charge in [-0.05, 0) is 0 Å². The van der Waals surface area contributed by atoms with Crippen LogP contribution in [0, 0.1) is 12.3 Å². The molecule has 1 aromatic heterocycles. The molecule has 5 heteroatoms. The van der Waals surface area contributed by atoms with E-state index in [1.165, 1.54) is 18.1 Å². The number of aromatic nitrogens is 3. The van der Waals surface area contributed by atoms with E-state index in [4.69, 9.17) is 6.42 Å². The van der Waals surface area contributed by atoms with Gasteiger partial charge in [-0.15, -0.1) is 17.4 Å². The number of aryl methyl sites for hydroxylation is 1. The highest BCUT2D eigenvalue weighted by Crippen LogP contribution is 1.93. The van der Waals surface area contributed by atoms with Gasteiger partial charge in [-0.2, -0.15) is 0 Å². The maximum absolute atomic E-state index is 10.9. The number of nitrogens with zero attached hydrogens (tertiary/aromatic N) is 3. The van der Waals surface area contributed by atoms with E-state index in [-0.39, 0.29) is 5.82 Å². The van der Waals surface area contributed by atoms with Gasteiger partial charge in [-0.25, -0.2) is 9.78 Å². The molecule has 0 fully saturated rings. The average Bonchev–Trinajstić information content (AvgIpc) is 2.62. The number of hydrogen-bond donors (Lipinski definition) is 0. The van der Waals surface area contributed by atoms with Gasteiger partial charge >= 0.3 is 5.97 Å². The van der Waals surface area contributed by atoms with Gasteiger partial charge in [0, 0.05) is 6.42 Å². The van der Waals surface area contributed by atoms with Gasteiger partial charge in [0.15, 0.2) is 0 Å². The van der Waals surface area contributed by atoms with Gasteiger partial charge in [0.05, 0.1) is 13.7 Å². The maximum atomic E-state index is 10.9. The molecule has 0 aliphatic carbocycles. The lowest BCUT2D eigenvalue weighted by Crippen LogP contribution is -2.05. The minimum absolute atomic E-state index is 0.0551.